The Kier molecular flexibility index (Phi) is 3.31. The largest absolute Gasteiger partial charge is 0.507 e. The van der Waals surface area contributed by atoms with Crippen LogP contribution in [0.5, 0.6) is 5.75 Å². The lowest BCUT2D eigenvalue weighted by atomic mass is 10.2. The van der Waals surface area contributed by atoms with E-state index in [1.165, 1.54) is 18.2 Å². The number of hydrogen-bond donors (Lipinski definition) is 1. The first-order valence-electron chi connectivity index (χ1n) is 5.82. The summed E-state index contributed by atoms with van der Waals surface area (Å²) in [7, 11) is 0. The van der Waals surface area contributed by atoms with Crippen LogP contribution in [-0.4, -0.2) is 15.2 Å². The zero-order valence-corrected chi connectivity index (χ0v) is 11.1. The summed E-state index contributed by atoms with van der Waals surface area (Å²) in [5.41, 5.74) is 0.554. The minimum Gasteiger partial charge on any atom is -0.507 e. The molecule has 0 bridgehead atoms. The van der Waals surface area contributed by atoms with Crippen molar-refractivity contribution in [1.82, 2.24) is 10.1 Å². The fourth-order valence-electron chi connectivity index (χ4n) is 1.77. The van der Waals surface area contributed by atoms with Gasteiger partial charge in [0.2, 0.25) is 5.82 Å². The number of aromatic hydroxyl groups is 1. The van der Waals surface area contributed by atoms with E-state index in [1.54, 1.807) is 6.07 Å². The molecule has 3 rings (SSSR count). The van der Waals surface area contributed by atoms with Crippen LogP contribution in [0.3, 0.4) is 0 Å². The van der Waals surface area contributed by atoms with Gasteiger partial charge in [-0.15, -0.1) is 0 Å². The Bertz CT molecular complexity index is 820. The molecule has 0 saturated carbocycles. The molecule has 0 amide bonds. The van der Waals surface area contributed by atoms with E-state index in [4.69, 9.17) is 16.1 Å². The summed E-state index contributed by atoms with van der Waals surface area (Å²) in [5.74, 6) is -1.96. The highest BCUT2D eigenvalue weighted by Gasteiger charge is 2.15. The van der Waals surface area contributed by atoms with Crippen molar-refractivity contribution in [2.45, 2.75) is 0 Å². The average molecular weight is 309 g/mol. The maximum absolute atomic E-state index is 13.2. The molecule has 2 aromatic carbocycles. The number of hydrogen-bond acceptors (Lipinski definition) is 4. The van der Waals surface area contributed by atoms with Crippen LogP contribution in [0.4, 0.5) is 8.78 Å². The van der Waals surface area contributed by atoms with Gasteiger partial charge in [-0.05, 0) is 36.4 Å². The van der Waals surface area contributed by atoms with Crippen LogP contribution in [0.1, 0.15) is 0 Å². The molecule has 21 heavy (non-hydrogen) atoms. The Balaban J connectivity index is 2.01. The first kappa shape index (κ1) is 13.5. The van der Waals surface area contributed by atoms with Crippen molar-refractivity contribution >= 4 is 11.6 Å². The second-order valence-corrected chi connectivity index (χ2v) is 4.65. The first-order chi connectivity index (χ1) is 10.0. The van der Waals surface area contributed by atoms with E-state index in [1.807, 2.05) is 0 Å². The van der Waals surface area contributed by atoms with Gasteiger partial charge in [0.05, 0.1) is 5.56 Å². The van der Waals surface area contributed by atoms with Gasteiger partial charge in [0.15, 0.2) is 11.6 Å². The van der Waals surface area contributed by atoms with E-state index in [0.29, 0.717) is 10.6 Å². The van der Waals surface area contributed by atoms with Crippen LogP contribution < -0.4 is 0 Å². The van der Waals surface area contributed by atoms with Gasteiger partial charge in [0.25, 0.3) is 5.89 Å². The van der Waals surface area contributed by atoms with Crippen molar-refractivity contribution in [2.24, 2.45) is 0 Å². The third-order valence-electron chi connectivity index (χ3n) is 2.79. The Morgan fingerprint density at radius 1 is 1.05 bits per heavy atom. The molecule has 0 spiro atoms. The van der Waals surface area contributed by atoms with Gasteiger partial charge in [-0.2, -0.15) is 4.98 Å². The molecule has 0 atom stereocenters. The van der Waals surface area contributed by atoms with E-state index in [2.05, 4.69) is 10.1 Å². The maximum Gasteiger partial charge on any atom is 0.261 e. The number of halogens is 3. The zero-order chi connectivity index (χ0) is 15.0. The van der Waals surface area contributed by atoms with Crippen LogP contribution in [0.15, 0.2) is 40.9 Å². The summed E-state index contributed by atoms with van der Waals surface area (Å²) in [6.45, 7) is 0. The van der Waals surface area contributed by atoms with Gasteiger partial charge in [0, 0.05) is 10.6 Å². The van der Waals surface area contributed by atoms with Crippen LogP contribution in [0.2, 0.25) is 5.02 Å². The Hall–Kier alpha value is -2.47. The molecule has 1 N–H and O–H groups in total. The Morgan fingerprint density at radius 3 is 2.57 bits per heavy atom. The minimum atomic E-state index is -1.01. The Labute approximate surface area is 122 Å². The molecule has 1 heterocycles. The zero-order valence-electron chi connectivity index (χ0n) is 10.3. The van der Waals surface area contributed by atoms with Crippen molar-refractivity contribution < 1.29 is 18.4 Å². The molecule has 0 aliphatic rings. The number of phenolic OH excluding ortho intramolecular Hbond substituents is 1. The predicted octanol–water partition coefficient (Wildman–Crippen LogP) is 4.04. The van der Waals surface area contributed by atoms with Crippen molar-refractivity contribution in [2.75, 3.05) is 0 Å². The molecule has 3 aromatic rings. The van der Waals surface area contributed by atoms with Gasteiger partial charge in [-0.25, -0.2) is 8.78 Å². The fraction of sp³-hybridized carbons (Fsp3) is 0. The van der Waals surface area contributed by atoms with Gasteiger partial charge in [-0.3, -0.25) is 0 Å². The molecule has 0 aliphatic heterocycles. The molecule has 1 aromatic heterocycles. The molecule has 0 fully saturated rings. The van der Waals surface area contributed by atoms with Gasteiger partial charge < -0.3 is 9.63 Å². The van der Waals surface area contributed by atoms with E-state index in [9.17, 15) is 13.9 Å². The topological polar surface area (TPSA) is 59.2 Å². The van der Waals surface area contributed by atoms with E-state index in [0.717, 1.165) is 12.1 Å². The van der Waals surface area contributed by atoms with E-state index in [-0.39, 0.29) is 23.0 Å². The normalized spacial score (nSPS) is 10.8. The van der Waals surface area contributed by atoms with Crippen LogP contribution in [-0.2, 0) is 0 Å². The van der Waals surface area contributed by atoms with Gasteiger partial charge in [0.1, 0.15) is 5.75 Å². The third kappa shape index (κ3) is 2.57. The van der Waals surface area contributed by atoms with Gasteiger partial charge in [-0.1, -0.05) is 16.8 Å². The highest BCUT2D eigenvalue weighted by molar-refractivity contribution is 6.30. The maximum atomic E-state index is 13.2. The van der Waals surface area contributed by atoms with Crippen molar-refractivity contribution in [3.8, 4) is 28.6 Å². The van der Waals surface area contributed by atoms with E-state index >= 15 is 0 Å². The quantitative estimate of drug-likeness (QED) is 0.776. The summed E-state index contributed by atoms with van der Waals surface area (Å²) >= 11 is 5.73. The fourth-order valence-corrected chi connectivity index (χ4v) is 1.94. The lowest BCUT2D eigenvalue weighted by Crippen LogP contribution is -1.87. The molecule has 4 nitrogen and oxygen atoms in total. The second-order valence-electron chi connectivity index (χ2n) is 4.21. The molecule has 0 aliphatic carbocycles. The third-order valence-corrected chi connectivity index (χ3v) is 3.03. The van der Waals surface area contributed by atoms with Crippen LogP contribution in [0.25, 0.3) is 22.8 Å². The highest BCUT2D eigenvalue weighted by Crippen LogP contribution is 2.31. The summed E-state index contributed by atoms with van der Waals surface area (Å²) in [5, 5.41) is 13.8. The van der Waals surface area contributed by atoms with Crippen molar-refractivity contribution in [3.63, 3.8) is 0 Å². The number of aromatic nitrogens is 2. The molecule has 106 valence electrons. The second kappa shape index (κ2) is 5.14. The lowest BCUT2D eigenvalue weighted by molar-refractivity contribution is 0.425. The molecule has 0 saturated heterocycles. The van der Waals surface area contributed by atoms with Crippen molar-refractivity contribution in [1.29, 1.82) is 0 Å². The summed E-state index contributed by atoms with van der Waals surface area (Å²) in [6, 6.07) is 7.66. The SMILES string of the molecule is Oc1cc(Cl)ccc1-c1nc(-c2ccc(F)c(F)c2)no1. The van der Waals surface area contributed by atoms with Crippen LogP contribution in [0, 0.1) is 11.6 Å². The minimum absolute atomic E-state index is 0.0453. The van der Waals surface area contributed by atoms with E-state index < -0.39 is 11.6 Å². The summed E-state index contributed by atoms with van der Waals surface area (Å²) in [6.07, 6.45) is 0. The smallest absolute Gasteiger partial charge is 0.261 e. The highest BCUT2D eigenvalue weighted by atomic mass is 35.5. The van der Waals surface area contributed by atoms with Gasteiger partial charge >= 0.3 is 0 Å². The molecular formula is C14H7ClF2N2O2. The molecular weight excluding hydrogens is 302 g/mol. The number of nitrogens with zero attached hydrogens (tertiary/aromatic N) is 2. The number of phenols is 1. The summed E-state index contributed by atoms with van der Waals surface area (Å²) in [4.78, 5) is 4.04. The standard InChI is InChI=1S/C14H7ClF2N2O2/c15-8-2-3-9(12(20)6-8)14-18-13(19-21-14)7-1-4-10(16)11(17)5-7/h1-6,20H. The molecule has 7 heteroatoms. The predicted molar refractivity (Wildman–Crippen MR) is 71.8 cm³/mol. The van der Waals surface area contributed by atoms with Crippen LogP contribution >= 0.6 is 11.6 Å². The molecule has 0 unspecified atom stereocenters. The monoisotopic (exact) mass is 308 g/mol. The Morgan fingerprint density at radius 2 is 1.86 bits per heavy atom. The van der Waals surface area contributed by atoms with Crippen molar-refractivity contribution in [3.05, 3.63) is 53.1 Å². The first-order valence-corrected chi connectivity index (χ1v) is 6.20. The average Bonchev–Trinajstić information content (AvgIpc) is 2.91. The number of rotatable bonds is 2. The summed E-state index contributed by atoms with van der Waals surface area (Å²) < 4.78 is 31.1. The number of benzene rings is 2. The lowest BCUT2D eigenvalue weighted by Gasteiger charge is -1.99. The molecule has 0 radical (unpaired) electrons.